The third-order valence-electron chi connectivity index (χ3n) is 9.01. The fourth-order valence-corrected chi connectivity index (χ4v) is 7.63. The monoisotopic (exact) mass is 687 g/mol. The Morgan fingerprint density at radius 1 is 0.833 bits per heavy atom. The molecule has 3 aromatic rings. The van der Waals surface area contributed by atoms with E-state index in [9.17, 15) is 25.9 Å². The number of aryl methyl sites for hydroxylation is 1. The summed E-state index contributed by atoms with van der Waals surface area (Å²) in [4.78, 5) is 2.23. The molecule has 3 aromatic carbocycles. The first kappa shape index (κ1) is 35.2. The van der Waals surface area contributed by atoms with Gasteiger partial charge in [0.15, 0.2) is 12.3 Å². The van der Waals surface area contributed by atoms with Gasteiger partial charge < -0.3 is 4.90 Å². The molecule has 0 spiro atoms. The molecule has 0 aromatic heterocycles. The molecule has 0 fully saturated rings. The van der Waals surface area contributed by atoms with Crippen LogP contribution in [-0.2, 0) is 33.3 Å². The zero-order valence-corrected chi connectivity index (χ0v) is 29.2. The van der Waals surface area contributed by atoms with Crippen molar-refractivity contribution in [1.82, 2.24) is 0 Å². The molecule has 8 nitrogen and oxygen atoms in total. The zero-order chi connectivity index (χ0) is 34.5. The number of benzene rings is 3. The van der Waals surface area contributed by atoms with Gasteiger partial charge in [-0.3, -0.25) is 9.11 Å². The van der Waals surface area contributed by atoms with Crippen molar-refractivity contribution in [2.75, 3.05) is 18.0 Å². The van der Waals surface area contributed by atoms with Crippen molar-refractivity contribution in [3.05, 3.63) is 142 Å². The highest BCUT2D eigenvalue weighted by Crippen LogP contribution is 2.40. The van der Waals surface area contributed by atoms with Crippen LogP contribution >= 0.6 is 0 Å². The zero-order valence-electron chi connectivity index (χ0n) is 27.5. The smallest absolute Gasteiger partial charge is 0.294 e. The maximum absolute atomic E-state index is 11.8. The van der Waals surface area contributed by atoms with Crippen LogP contribution in [0.2, 0.25) is 0 Å². The second-order valence-corrected chi connectivity index (χ2v) is 15.2. The van der Waals surface area contributed by atoms with Crippen molar-refractivity contribution in [2.45, 2.75) is 57.5 Å². The summed E-state index contributed by atoms with van der Waals surface area (Å²) in [5, 5.41) is 0. The Kier molecular flexibility index (Phi) is 11.0. The fraction of sp³-hybridized carbons (Fsp3) is 0.289. The normalized spacial score (nSPS) is 17.1. The minimum Gasteiger partial charge on any atom is -0.367 e. The van der Waals surface area contributed by atoms with E-state index >= 15 is 0 Å². The Bertz CT molecular complexity index is 2010. The summed E-state index contributed by atoms with van der Waals surface area (Å²) in [6.07, 6.45) is 12.6. The lowest BCUT2D eigenvalue weighted by Gasteiger charge is -2.30. The van der Waals surface area contributed by atoms with E-state index in [1.54, 1.807) is 6.07 Å². The topological polar surface area (TPSA) is 115 Å². The molecule has 0 amide bonds. The number of allylic oxidation sites excluding steroid dienone is 8. The van der Waals surface area contributed by atoms with E-state index in [1.807, 2.05) is 19.1 Å². The summed E-state index contributed by atoms with van der Waals surface area (Å²) in [5.41, 5.74) is 7.53. The van der Waals surface area contributed by atoms with Crippen LogP contribution in [0.4, 0.5) is 5.69 Å². The van der Waals surface area contributed by atoms with Crippen LogP contribution in [-0.4, -0.2) is 49.3 Å². The molecule has 0 aliphatic heterocycles. The summed E-state index contributed by atoms with van der Waals surface area (Å²) in [7, 11) is -8.54. The van der Waals surface area contributed by atoms with Gasteiger partial charge in [-0.15, -0.1) is 0 Å². The SMILES string of the molecule is CCN(Cc1cccc(C)c1)c1ccc(C(C2=CC=C(S(=O)(=O)O)CC2)C2C=CC(=[N+](CC)Cc3cccc(S(=O)(=O)O)c3)C=C2)cc1. The van der Waals surface area contributed by atoms with Crippen LogP contribution in [0, 0.1) is 12.8 Å². The quantitative estimate of drug-likeness (QED) is 0.152. The maximum atomic E-state index is 11.8. The lowest BCUT2D eigenvalue weighted by atomic mass is 9.76. The molecular weight excluding hydrogens is 645 g/mol. The molecular formula is C38H43N2O6S2+. The highest BCUT2D eigenvalue weighted by atomic mass is 32.2. The van der Waals surface area contributed by atoms with Gasteiger partial charge in [0.05, 0.1) is 9.80 Å². The molecule has 0 bridgehead atoms. The van der Waals surface area contributed by atoms with Crippen LogP contribution in [0.25, 0.3) is 0 Å². The van der Waals surface area contributed by atoms with Crippen molar-refractivity contribution < 1.29 is 30.5 Å². The molecule has 10 heteroatoms. The van der Waals surface area contributed by atoms with Crippen LogP contribution in [0.5, 0.6) is 0 Å². The number of hydrogen-bond donors (Lipinski definition) is 2. The summed E-state index contributed by atoms with van der Waals surface area (Å²) < 4.78 is 68.2. The minimum atomic E-state index is -4.30. The van der Waals surface area contributed by atoms with Crippen LogP contribution in [0.15, 0.2) is 125 Å². The average molecular weight is 688 g/mol. The number of hydrogen-bond acceptors (Lipinski definition) is 5. The summed E-state index contributed by atoms with van der Waals surface area (Å²) in [6, 6.07) is 23.5. The second-order valence-electron chi connectivity index (χ2n) is 12.3. The lowest BCUT2D eigenvalue weighted by molar-refractivity contribution is -0.539. The Morgan fingerprint density at radius 2 is 1.52 bits per heavy atom. The van der Waals surface area contributed by atoms with Crippen molar-refractivity contribution >= 4 is 31.6 Å². The van der Waals surface area contributed by atoms with Crippen molar-refractivity contribution in [3.63, 3.8) is 0 Å². The van der Waals surface area contributed by atoms with Gasteiger partial charge in [0.1, 0.15) is 6.54 Å². The lowest BCUT2D eigenvalue weighted by Crippen LogP contribution is -2.23. The van der Waals surface area contributed by atoms with Gasteiger partial charge in [-0.05, 0) is 75.1 Å². The van der Waals surface area contributed by atoms with E-state index in [0.29, 0.717) is 19.5 Å². The Balaban J connectivity index is 1.44. The molecule has 0 heterocycles. The number of rotatable bonds is 12. The van der Waals surface area contributed by atoms with Crippen LogP contribution in [0.3, 0.4) is 0 Å². The Hall–Kier alpha value is -4.09. The van der Waals surface area contributed by atoms with E-state index < -0.39 is 20.2 Å². The molecule has 1 unspecified atom stereocenters. The van der Waals surface area contributed by atoms with E-state index in [2.05, 4.69) is 96.2 Å². The molecule has 5 rings (SSSR count). The predicted molar refractivity (Wildman–Crippen MR) is 192 cm³/mol. The van der Waals surface area contributed by atoms with Crippen molar-refractivity contribution in [1.29, 1.82) is 0 Å². The third-order valence-corrected chi connectivity index (χ3v) is 10.9. The van der Waals surface area contributed by atoms with Crippen molar-refractivity contribution in [2.24, 2.45) is 5.92 Å². The predicted octanol–water partition coefficient (Wildman–Crippen LogP) is 7.26. The standard InChI is InChI=1S/C38H42N2O6S2/c1-4-39(26-29-9-6-8-28(3)24-29)34-18-12-31(13-19-34)38(33-16-22-36(23-17-33)47(41,42)43)32-14-20-35(21-15-32)40(5-2)27-30-10-7-11-37(25-30)48(44,45)46/h6-16,18-22,24-25,32,38H,4-5,17,23,26-27H2,1-3H3,(H-,41,42,43,44,45,46)/p+1. The summed E-state index contributed by atoms with van der Waals surface area (Å²) in [5.74, 6) is -0.0664. The van der Waals surface area contributed by atoms with Gasteiger partial charge in [-0.25, -0.2) is 4.58 Å². The Labute approximate surface area is 284 Å². The minimum absolute atomic E-state index is 0.0114. The summed E-state index contributed by atoms with van der Waals surface area (Å²) in [6.45, 7) is 9.08. The highest BCUT2D eigenvalue weighted by molar-refractivity contribution is 7.89. The van der Waals surface area contributed by atoms with Gasteiger partial charge in [0.25, 0.3) is 20.2 Å². The molecule has 0 saturated carbocycles. The van der Waals surface area contributed by atoms with Crippen LogP contribution < -0.4 is 4.90 Å². The highest BCUT2D eigenvalue weighted by Gasteiger charge is 2.29. The molecule has 1 atom stereocenters. The van der Waals surface area contributed by atoms with Gasteiger partial charge in [0.2, 0.25) is 0 Å². The largest absolute Gasteiger partial charge is 0.367 e. The average Bonchev–Trinajstić information content (AvgIpc) is 3.07. The first-order valence-corrected chi connectivity index (χ1v) is 19.1. The van der Waals surface area contributed by atoms with E-state index in [0.717, 1.165) is 41.2 Å². The first-order chi connectivity index (χ1) is 22.9. The van der Waals surface area contributed by atoms with Crippen molar-refractivity contribution in [3.8, 4) is 0 Å². The number of nitrogens with zero attached hydrogens (tertiary/aromatic N) is 2. The molecule has 48 heavy (non-hydrogen) atoms. The van der Waals surface area contributed by atoms with Gasteiger partial charge >= 0.3 is 0 Å². The van der Waals surface area contributed by atoms with E-state index in [4.69, 9.17) is 0 Å². The van der Waals surface area contributed by atoms with Crippen LogP contribution in [0.1, 0.15) is 54.9 Å². The molecule has 252 valence electrons. The van der Waals surface area contributed by atoms with Gasteiger partial charge in [-0.2, -0.15) is 16.8 Å². The second kappa shape index (κ2) is 15.0. The van der Waals surface area contributed by atoms with E-state index in [1.165, 1.54) is 29.3 Å². The first-order valence-electron chi connectivity index (χ1n) is 16.2. The van der Waals surface area contributed by atoms with Gasteiger partial charge in [0, 0.05) is 48.3 Å². The fourth-order valence-electron chi connectivity index (χ4n) is 6.48. The third kappa shape index (κ3) is 8.68. The van der Waals surface area contributed by atoms with Gasteiger partial charge in [-0.1, -0.05) is 77.9 Å². The molecule has 2 aliphatic carbocycles. The molecule has 0 saturated heterocycles. The molecule has 2 N–H and O–H groups in total. The molecule has 2 aliphatic rings. The molecule has 0 radical (unpaired) electrons. The Morgan fingerprint density at radius 3 is 2.10 bits per heavy atom. The number of anilines is 1. The van der Waals surface area contributed by atoms with E-state index in [-0.39, 0.29) is 28.1 Å². The summed E-state index contributed by atoms with van der Waals surface area (Å²) >= 11 is 0. The maximum Gasteiger partial charge on any atom is 0.294 e.